The van der Waals surface area contributed by atoms with Crippen LogP contribution in [0.25, 0.3) is 5.57 Å². The third-order valence-corrected chi connectivity index (χ3v) is 7.09. The van der Waals surface area contributed by atoms with E-state index in [0.717, 1.165) is 29.3 Å². The molecule has 3 amide bonds. The highest BCUT2D eigenvalue weighted by atomic mass is 16.5. The highest BCUT2D eigenvalue weighted by Crippen LogP contribution is 2.39. The van der Waals surface area contributed by atoms with Crippen molar-refractivity contribution in [3.8, 4) is 0 Å². The molecule has 46 heavy (non-hydrogen) atoms. The normalized spacial score (nSPS) is 17.8. The van der Waals surface area contributed by atoms with Crippen molar-refractivity contribution >= 4 is 41.1 Å². The molecule has 9 N–H and O–H groups in total. The lowest BCUT2D eigenvalue weighted by molar-refractivity contribution is -0.160. The number of amides is 3. The second-order valence-corrected chi connectivity index (χ2v) is 10.9. The van der Waals surface area contributed by atoms with Gasteiger partial charge in [0.15, 0.2) is 5.78 Å². The lowest BCUT2D eigenvalue weighted by atomic mass is 9.89. The topological polar surface area (TPSA) is 214 Å². The standard InChI is InChI=1S/C33H41N5O5.CH3NO/c1-6-26(21(4)39)23-11-13-25(14-12-23)38-29(7-2)27(28(32(38)41)17-20(3)34)19-22-9-8-10-24(18-22)31(40)37-30(35)15-16-36-33(5,42)43;2-1-3/h6,10-18,29,36,42-43H,7-9,19,34H2,1-5H3,(H2,35,37,40);1H,(H2,2,3)/b16-15-,20-17-,26-6-;. The quantitative estimate of drug-likeness (QED) is 0.0694. The Balaban J connectivity index is 0.00000236. The highest BCUT2D eigenvalue weighted by molar-refractivity contribution is 6.19. The number of carbonyl (C=O) groups excluding carboxylic acids is 4. The van der Waals surface area contributed by atoms with Crippen LogP contribution in [0, 0.1) is 0 Å². The minimum Gasteiger partial charge on any atom is -0.402 e. The average Bonchev–Trinajstić information content (AvgIpc) is 3.22. The Hall–Kier alpha value is -5.07. The predicted molar refractivity (Wildman–Crippen MR) is 179 cm³/mol. The molecule has 3 rings (SSSR count). The summed E-state index contributed by atoms with van der Waals surface area (Å²) in [6.07, 6.45) is 12.3. The van der Waals surface area contributed by atoms with Crippen molar-refractivity contribution < 1.29 is 29.4 Å². The molecule has 0 saturated carbocycles. The van der Waals surface area contributed by atoms with Crippen LogP contribution in [0.4, 0.5) is 5.69 Å². The van der Waals surface area contributed by atoms with Crippen LogP contribution in [0.2, 0.25) is 0 Å². The molecule has 12 heteroatoms. The van der Waals surface area contributed by atoms with Gasteiger partial charge >= 0.3 is 0 Å². The first-order valence-electron chi connectivity index (χ1n) is 14.8. The summed E-state index contributed by atoms with van der Waals surface area (Å²) in [5, 5.41) is 20.9. The van der Waals surface area contributed by atoms with E-state index in [1.807, 2.05) is 38.1 Å². The fraction of sp³-hybridized carbons (Fsp3) is 0.324. The van der Waals surface area contributed by atoms with Gasteiger partial charge in [-0.05, 0) is 81.9 Å². The predicted octanol–water partition coefficient (Wildman–Crippen LogP) is 2.75. The number of nitrogens with two attached hydrogens (primary N) is 3. The van der Waals surface area contributed by atoms with Gasteiger partial charge < -0.3 is 37.6 Å². The minimum atomic E-state index is -2.13. The van der Waals surface area contributed by atoms with Crippen molar-refractivity contribution in [2.45, 2.75) is 72.3 Å². The zero-order chi connectivity index (χ0) is 34.6. The van der Waals surface area contributed by atoms with E-state index in [0.29, 0.717) is 48.1 Å². The molecule has 0 aromatic heterocycles. The zero-order valence-electron chi connectivity index (χ0n) is 26.9. The Labute approximate surface area is 269 Å². The van der Waals surface area contributed by atoms with Crippen LogP contribution in [-0.2, 0) is 19.2 Å². The molecule has 0 spiro atoms. The number of nitrogens with zero attached hydrogens (tertiary/aromatic N) is 2. The number of rotatable bonds is 11. The summed E-state index contributed by atoms with van der Waals surface area (Å²) < 4.78 is 0. The first-order chi connectivity index (χ1) is 21.7. The first-order valence-corrected chi connectivity index (χ1v) is 14.8. The molecule has 0 bridgehead atoms. The van der Waals surface area contributed by atoms with E-state index in [9.17, 15) is 24.6 Å². The number of allylic oxidation sites excluding steroid dienone is 5. The van der Waals surface area contributed by atoms with E-state index in [1.54, 1.807) is 36.1 Å². The number of amidine groups is 1. The largest absolute Gasteiger partial charge is 0.402 e. The Morgan fingerprint density at radius 3 is 2.33 bits per heavy atom. The molecule has 0 radical (unpaired) electrons. The van der Waals surface area contributed by atoms with Gasteiger partial charge in [0, 0.05) is 41.2 Å². The molecular formula is C34H44N6O6. The van der Waals surface area contributed by atoms with E-state index < -0.39 is 11.8 Å². The van der Waals surface area contributed by atoms with Gasteiger partial charge in [0.25, 0.3) is 11.8 Å². The monoisotopic (exact) mass is 632 g/mol. The van der Waals surface area contributed by atoms with Gasteiger partial charge in [-0.1, -0.05) is 42.9 Å². The van der Waals surface area contributed by atoms with Crippen LogP contribution in [0.3, 0.4) is 0 Å². The second kappa shape index (κ2) is 16.8. The summed E-state index contributed by atoms with van der Waals surface area (Å²) in [5.41, 5.74) is 21.5. The fourth-order valence-electron chi connectivity index (χ4n) is 5.24. The highest BCUT2D eigenvalue weighted by Gasteiger charge is 2.38. The number of benzene rings is 1. The Morgan fingerprint density at radius 1 is 1.17 bits per heavy atom. The summed E-state index contributed by atoms with van der Waals surface area (Å²) in [7, 11) is 0. The molecule has 1 aromatic carbocycles. The summed E-state index contributed by atoms with van der Waals surface area (Å²) in [6.45, 7) is 8.24. The summed E-state index contributed by atoms with van der Waals surface area (Å²) in [4.78, 5) is 53.0. The SMILES string of the molecule is C/C=C(/C(C)=O)c1ccc(N2C(=O)C(/C=C(/C)N)=C(CC3=CC(C(=O)N=C(N)/C=C\NC(C)(O)O)=CCC3)C2CC)cc1.NC=O. The lowest BCUT2D eigenvalue weighted by Crippen LogP contribution is -2.38. The first kappa shape index (κ1) is 37.1. The molecule has 1 unspecified atom stereocenters. The Morgan fingerprint density at radius 2 is 1.80 bits per heavy atom. The molecule has 12 nitrogen and oxygen atoms in total. The molecular weight excluding hydrogens is 588 g/mol. The van der Waals surface area contributed by atoms with E-state index in [-0.39, 0.29) is 30.0 Å². The third-order valence-electron chi connectivity index (χ3n) is 7.09. The van der Waals surface area contributed by atoms with Gasteiger partial charge in [-0.2, -0.15) is 4.99 Å². The Bertz CT molecular complexity index is 1530. The van der Waals surface area contributed by atoms with Gasteiger partial charge in [-0.3, -0.25) is 19.2 Å². The van der Waals surface area contributed by atoms with Crippen LogP contribution >= 0.6 is 0 Å². The van der Waals surface area contributed by atoms with Gasteiger partial charge in [-0.25, -0.2) is 0 Å². The maximum atomic E-state index is 13.8. The van der Waals surface area contributed by atoms with E-state index >= 15 is 0 Å². The van der Waals surface area contributed by atoms with E-state index in [2.05, 4.69) is 16.0 Å². The number of Topliss-reactive ketones (excluding diaryl/α,β-unsaturated/α-hetero) is 1. The molecule has 0 fully saturated rings. The van der Waals surface area contributed by atoms with Crippen LogP contribution in [0.1, 0.15) is 65.9 Å². The van der Waals surface area contributed by atoms with Crippen molar-refractivity contribution in [3.05, 3.63) is 94.4 Å². The summed E-state index contributed by atoms with van der Waals surface area (Å²) in [5.74, 6) is -2.93. The fourth-order valence-corrected chi connectivity index (χ4v) is 5.24. The molecule has 1 heterocycles. The molecule has 2 aliphatic rings. The van der Waals surface area contributed by atoms with Gasteiger partial charge in [0.2, 0.25) is 12.3 Å². The maximum absolute atomic E-state index is 13.8. The average molecular weight is 633 g/mol. The van der Waals surface area contributed by atoms with Gasteiger partial charge in [-0.15, -0.1) is 0 Å². The van der Waals surface area contributed by atoms with Crippen LogP contribution in [-0.4, -0.2) is 52.0 Å². The molecule has 0 saturated heterocycles. The number of primary amides is 1. The van der Waals surface area contributed by atoms with Crippen LogP contribution in [0.5, 0.6) is 0 Å². The maximum Gasteiger partial charge on any atom is 0.278 e. The number of carbonyl (C=O) groups is 4. The van der Waals surface area contributed by atoms with Crippen molar-refractivity contribution in [2.75, 3.05) is 4.90 Å². The van der Waals surface area contributed by atoms with Gasteiger partial charge in [0.1, 0.15) is 5.84 Å². The lowest BCUT2D eigenvalue weighted by Gasteiger charge is -2.27. The number of ketones is 1. The number of hydrogen-bond acceptors (Lipinski definition) is 8. The number of aliphatic imine (C=N–C) groups is 1. The molecule has 1 atom stereocenters. The Kier molecular flexibility index (Phi) is 13.6. The summed E-state index contributed by atoms with van der Waals surface area (Å²) >= 11 is 0. The van der Waals surface area contributed by atoms with Crippen LogP contribution in [0.15, 0.2) is 93.8 Å². The van der Waals surface area contributed by atoms with Crippen molar-refractivity contribution in [2.24, 2.45) is 22.2 Å². The third kappa shape index (κ3) is 10.2. The summed E-state index contributed by atoms with van der Waals surface area (Å²) in [6, 6.07) is 7.19. The molecule has 1 aromatic rings. The number of hydrogen-bond donors (Lipinski definition) is 6. The van der Waals surface area contributed by atoms with Crippen molar-refractivity contribution in [1.82, 2.24) is 5.32 Å². The molecule has 1 aliphatic heterocycles. The molecule has 1 aliphatic carbocycles. The number of nitrogens with one attached hydrogen (secondary N) is 1. The second-order valence-electron chi connectivity index (χ2n) is 10.9. The molecule has 246 valence electrons. The van der Waals surface area contributed by atoms with Gasteiger partial charge in [0.05, 0.1) is 6.04 Å². The van der Waals surface area contributed by atoms with E-state index in [4.69, 9.17) is 16.3 Å². The van der Waals surface area contributed by atoms with Crippen LogP contribution < -0.4 is 27.4 Å². The van der Waals surface area contributed by atoms with E-state index in [1.165, 1.54) is 19.2 Å². The minimum absolute atomic E-state index is 0.0285. The van der Waals surface area contributed by atoms with Crippen molar-refractivity contribution in [1.29, 1.82) is 0 Å². The smallest absolute Gasteiger partial charge is 0.278 e. The number of anilines is 1. The zero-order valence-corrected chi connectivity index (χ0v) is 26.9. The van der Waals surface area contributed by atoms with Crippen molar-refractivity contribution in [3.63, 3.8) is 0 Å². The number of aliphatic hydroxyl groups is 2.